The molecule has 0 aromatic rings. The minimum absolute atomic E-state index is 0.306. The van der Waals surface area contributed by atoms with Crippen LogP contribution in [0.25, 0.3) is 0 Å². The first-order valence-electron chi connectivity index (χ1n) is 5.91. The van der Waals surface area contributed by atoms with Gasteiger partial charge in [-0.3, -0.25) is 0 Å². The summed E-state index contributed by atoms with van der Waals surface area (Å²) in [5.74, 6) is 0.949. The van der Waals surface area contributed by atoms with Crippen LogP contribution in [0.3, 0.4) is 0 Å². The van der Waals surface area contributed by atoms with Crippen molar-refractivity contribution in [2.45, 2.75) is 67.7 Å². The molecule has 0 amide bonds. The molecule has 0 fully saturated rings. The van der Waals surface area contributed by atoms with E-state index in [1.165, 1.54) is 24.8 Å². The Balaban J connectivity index is 0. The second-order valence-electron chi connectivity index (χ2n) is 5.33. The molecule has 0 rings (SSSR count). The third-order valence-corrected chi connectivity index (χ3v) is 2.76. The lowest BCUT2D eigenvalue weighted by Crippen LogP contribution is -2.04. The van der Waals surface area contributed by atoms with E-state index in [2.05, 4.69) is 55.0 Å². The summed E-state index contributed by atoms with van der Waals surface area (Å²) in [5, 5.41) is 0. The van der Waals surface area contributed by atoms with Gasteiger partial charge in [0.15, 0.2) is 0 Å². The molecule has 0 nitrogen and oxygen atoms in total. The molecule has 0 aliphatic carbocycles. The van der Waals surface area contributed by atoms with Crippen LogP contribution in [0.1, 0.15) is 67.7 Å². The molecule has 0 saturated carbocycles. The van der Waals surface area contributed by atoms with Crippen LogP contribution in [0.5, 0.6) is 0 Å². The molecule has 0 heteroatoms. The highest BCUT2D eigenvalue weighted by molar-refractivity contribution is 4.99. The van der Waals surface area contributed by atoms with Crippen LogP contribution in [0.15, 0.2) is 12.2 Å². The summed E-state index contributed by atoms with van der Waals surface area (Å²) in [4.78, 5) is 0. The number of rotatable bonds is 3. The van der Waals surface area contributed by atoms with E-state index in [1.54, 1.807) is 0 Å². The Kier molecular flexibility index (Phi) is 9.34. The van der Waals surface area contributed by atoms with Crippen molar-refractivity contribution in [3.63, 3.8) is 0 Å². The summed E-state index contributed by atoms with van der Waals surface area (Å²) in [6.45, 7) is 19.2. The topological polar surface area (TPSA) is 0 Å². The molecule has 1 atom stereocenters. The Labute approximate surface area is 91.8 Å². The van der Waals surface area contributed by atoms with Crippen molar-refractivity contribution in [2.75, 3.05) is 0 Å². The zero-order chi connectivity index (χ0) is 11.8. The highest BCUT2D eigenvalue weighted by Gasteiger charge is 2.08. The minimum atomic E-state index is 0.306. The van der Waals surface area contributed by atoms with Crippen molar-refractivity contribution in [1.29, 1.82) is 0 Å². The quantitative estimate of drug-likeness (QED) is 0.530. The van der Waals surface area contributed by atoms with Gasteiger partial charge in [0.05, 0.1) is 0 Å². The summed E-state index contributed by atoms with van der Waals surface area (Å²) in [7, 11) is 0. The average Bonchev–Trinajstić information content (AvgIpc) is 2.04. The van der Waals surface area contributed by atoms with E-state index in [1.807, 2.05) is 0 Å². The summed E-state index contributed by atoms with van der Waals surface area (Å²) >= 11 is 0. The summed E-state index contributed by atoms with van der Waals surface area (Å²) in [6.07, 6.45) is 4.08. The molecule has 14 heavy (non-hydrogen) atoms. The van der Waals surface area contributed by atoms with Crippen LogP contribution in [0.2, 0.25) is 0 Å². The smallest absolute Gasteiger partial charge is 0.0178 e. The molecule has 0 bridgehead atoms. The second kappa shape index (κ2) is 8.08. The van der Waals surface area contributed by atoms with Crippen molar-refractivity contribution in [2.24, 2.45) is 11.3 Å². The third kappa shape index (κ3) is 11.7. The average molecular weight is 198 g/mol. The fourth-order valence-corrected chi connectivity index (χ4v) is 0.697. The van der Waals surface area contributed by atoms with Crippen molar-refractivity contribution in [3.8, 4) is 0 Å². The normalized spacial score (nSPS) is 12.8. The highest BCUT2D eigenvalue weighted by Crippen LogP contribution is 2.21. The zero-order valence-corrected chi connectivity index (χ0v) is 11.4. The molecule has 0 saturated heterocycles. The monoisotopic (exact) mass is 198 g/mol. The molecule has 86 valence electrons. The van der Waals surface area contributed by atoms with Crippen LogP contribution in [0, 0.1) is 11.3 Å². The van der Waals surface area contributed by atoms with E-state index in [4.69, 9.17) is 0 Å². The maximum Gasteiger partial charge on any atom is -0.0178 e. The van der Waals surface area contributed by atoms with Gasteiger partial charge in [0.1, 0.15) is 0 Å². The molecule has 0 N–H and O–H groups in total. The van der Waals surface area contributed by atoms with E-state index in [0.717, 1.165) is 5.92 Å². The fourth-order valence-electron chi connectivity index (χ4n) is 0.697. The molecule has 0 heterocycles. The lowest BCUT2D eigenvalue weighted by Gasteiger charge is -2.16. The van der Waals surface area contributed by atoms with Crippen molar-refractivity contribution in [1.82, 2.24) is 0 Å². The van der Waals surface area contributed by atoms with Crippen molar-refractivity contribution < 1.29 is 0 Å². The number of hydrogen-bond donors (Lipinski definition) is 0. The highest BCUT2D eigenvalue weighted by atomic mass is 14.1. The Hall–Kier alpha value is -0.260. The molecule has 0 radical (unpaired) electrons. The maximum atomic E-state index is 3.83. The fraction of sp³-hybridized carbons (Fsp3) is 0.857. The van der Waals surface area contributed by atoms with E-state index in [0.29, 0.717) is 5.41 Å². The lowest BCUT2D eigenvalue weighted by molar-refractivity contribution is 0.506. The predicted octanol–water partition coefficient (Wildman–Crippen LogP) is 5.44. The van der Waals surface area contributed by atoms with Gasteiger partial charge in [-0.25, -0.2) is 0 Å². The van der Waals surface area contributed by atoms with E-state index < -0.39 is 0 Å². The Morgan fingerprint density at radius 2 is 1.57 bits per heavy atom. The molecule has 0 spiro atoms. The predicted molar refractivity (Wildman–Crippen MR) is 68.6 cm³/mol. The molecular formula is C14H30. The number of hydrogen-bond acceptors (Lipinski definition) is 0. The molecule has 0 aliphatic heterocycles. The standard InChI is InChI=1S/C7H14.C7H16/c1-6(2)7(3,4)5;1-4-6-7(3)5-2/h1H2,2-5H3;7H,4-6H2,1-3H3. The first-order chi connectivity index (χ1) is 6.25. The summed E-state index contributed by atoms with van der Waals surface area (Å²) < 4.78 is 0. The third-order valence-electron chi connectivity index (χ3n) is 2.76. The summed E-state index contributed by atoms with van der Waals surface area (Å²) in [6, 6.07) is 0. The van der Waals surface area contributed by atoms with Crippen molar-refractivity contribution in [3.05, 3.63) is 12.2 Å². The van der Waals surface area contributed by atoms with Crippen LogP contribution in [-0.2, 0) is 0 Å². The van der Waals surface area contributed by atoms with Gasteiger partial charge in [0, 0.05) is 0 Å². The van der Waals surface area contributed by atoms with Gasteiger partial charge in [0.2, 0.25) is 0 Å². The first-order valence-corrected chi connectivity index (χ1v) is 5.91. The largest absolute Gasteiger partial charge is 0.0996 e. The molecule has 0 aromatic carbocycles. The van der Waals surface area contributed by atoms with Gasteiger partial charge in [-0.15, -0.1) is 0 Å². The molecule has 1 unspecified atom stereocenters. The van der Waals surface area contributed by atoms with Gasteiger partial charge in [-0.1, -0.05) is 73.0 Å². The van der Waals surface area contributed by atoms with Gasteiger partial charge in [-0.05, 0) is 18.3 Å². The minimum Gasteiger partial charge on any atom is -0.0996 e. The summed E-state index contributed by atoms with van der Waals surface area (Å²) in [5.41, 5.74) is 1.55. The second-order valence-corrected chi connectivity index (χ2v) is 5.33. The molecule has 0 aliphatic rings. The SMILES string of the molecule is C=C(C)C(C)(C)C.CCCC(C)CC. The van der Waals surface area contributed by atoms with E-state index in [-0.39, 0.29) is 0 Å². The van der Waals surface area contributed by atoms with Crippen LogP contribution in [0.4, 0.5) is 0 Å². The molecular weight excluding hydrogens is 168 g/mol. The maximum absolute atomic E-state index is 3.83. The van der Waals surface area contributed by atoms with Crippen LogP contribution >= 0.6 is 0 Å². The van der Waals surface area contributed by atoms with Crippen LogP contribution in [-0.4, -0.2) is 0 Å². The Bertz CT molecular complexity index is 137. The first kappa shape index (κ1) is 16.2. The zero-order valence-electron chi connectivity index (χ0n) is 11.4. The Morgan fingerprint density at radius 1 is 1.21 bits per heavy atom. The van der Waals surface area contributed by atoms with Gasteiger partial charge in [0.25, 0.3) is 0 Å². The molecule has 0 aromatic heterocycles. The lowest BCUT2D eigenvalue weighted by atomic mass is 9.89. The van der Waals surface area contributed by atoms with Crippen molar-refractivity contribution >= 4 is 0 Å². The van der Waals surface area contributed by atoms with Gasteiger partial charge >= 0.3 is 0 Å². The number of allylic oxidation sites excluding steroid dienone is 1. The van der Waals surface area contributed by atoms with E-state index in [9.17, 15) is 0 Å². The Morgan fingerprint density at radius 3 is 1.64 bits per heavy atom. The van der Waals surface area contributed by atoms with E-state index >= 15 is 0 Å². The van der Waals surface area contributed by atoms with Gasteiger partial charge in [-0.2, -0.15) is 0 Å². The van der Waals surface area contributed by atoms with Gasteiger partial charge < -0.3 is 0 Å². The van der Waals surface area contributed by atoms with Crippen LogP contribution < -0.4 is 0 Å².